The van der Waals surface area contributed by atoms with E-state index in [2.05, 4.69) is 5.32 Å². The lowest BCUT2D eigenvalue weighted by Crippen LogP contribution is -2.08. The Hall–Kier alpha value is -0.960. The van der Waals surface area contributed by atoms with Gasteiger partial charge in [-0.2, -0.15) is 0 Å². The maximum absolute atomic E-state index is 13.0. The van der Waals surface area contributed by atoms with Gasteiger partial charge in [0.1, 0.15) is 11.6 Å². The molecule has 0 saturated carbocycles. The Bertz CT molecular complexity index is 274. The topological polar surface area (TPSA) is 12.0 Å². The van der Waals surface area contributed by atoms with Crippen LogP contribution in [0.1, 0.15) is 12.0 Å². The highest BCUT2D eigenvalue weighted by Gasteiger charge is 2.02. The van der Waals surface area contributed by atoms with Crippen LogP contribution in [0.2, 0.25) is 0 Å². The Morgan fingerprint density at radius 1 is 1.31 bits per heavy atom. The van der Waals surface area contributed by atoms with Crippen LogP contribution in [0, 0.1) is 11.6 Å². The van der Waals surface area contributed by atoms with E-state index in [0.717, 1.165) is 19.0 Å². The Morgan fingerprint density at radius 3 is 2.69 bits per heavy atom. The fourth-order valence-corrected chi connectivity index (χ4v) is 1.18. The normalized spacial score (nSPS) is 10.4. The summed E-state index contributed by atoms with van der Waals surface area (Å²) >= 11 is 0. The van der Waals surface area contributed by atoms with Gasteiger partial charge in [0.25, 0.3) is 0 Å². The van der Waals surface area contributed by atoms with Gasteiger partial charge in [-0.05, 0) is 38.1 Å². The van der Waals surface area contributed by atoms with Gasteiger partial charge in [0.15, 0.2) is 0 Å². The maximum Gasteiger partial charge on any atom is 0.129 e. The lowest BCUT2D eigenvalue weighted by atomic mass is 10.1. The molecule has 0 spiro atoms. The second kappa shape index (κ2) is 4.92. The second-order valence-electron chi connectivity index (χ2n) is 2.94. The molecule has 0 fully saturated rings. The summed E-state index contributed by atoms with van der Waals surface area (Å²) in [6, 6.07) is 3.72. The number of halogens is 2. The van der Waals surface area contributed by atoms with Gasteiger partial charge in [0, 0.05) is 6.07 Å². The van der Waals surface area contributed by atoms with Crippen LogP contribution in [0.5, 0.6) is 0 Å². The predicted octanol–water partition coefficient (Wildman–Crippen LogP) is 2.12. The zero-order valence-electron chi connectivity index (χ0n) is 7.61. The van der Waals surface area contributed by atoms with E-state index in [0.29, 0.717) is 12.0 Å². The Kier molecular flexibility index (Phi) is 3.83. The van der Waals surface area contributed by atoms with Gasteiger partial charge < -0.3 is 5.32 Å². The third kappa shape index (κ3) is 3.11. The van der Waals surface area contributed by atoms with E-state index in [1.165, 1.54) is 12.1 Å². The molecule has 13 heavy (non-hydrogen) atoms. The van der Waals surface area contributed by atoms with Crippen molar-refractivity contribution in [2.45, 2.75) is 12.8 Å². The Labute approximate surface area is 76.8 Å². The van der Waals surface area contributed by atoms with Crippen molar-refractivity contribution in [3.63, 3.8) is 0 Å². The molecule has 72 valence electrons. The first-order valence-electron chi connectivity index (χ1n) is 4.32. The van der Waals surface area contributed by atoms with Crippen LogP contribution in [0.3, 0.4) is 0 Å². The van der Waals surface area contributed by atoms with Crippen molar-refractivity contribution in [2.75, 3.05) is 13.6 Å². The zero-order chi connectivity index (χ0) is 9.68. The number of rotatable bonds is 4. The van der Waals surface area contributed by atoms with E-state index in [4.69, 9.17) is 0 Å². The molecular weight excluding hydrogens is 172 g/mol. The van der Waals surface area contributed by atoms with Crippen LogP contribution in [-0.2, 0) is 6.42 Å². The quantitative estimate of drug-likeness (QED) is 0.708. The van der Waals surface area contributed by atoms with Gasteiger partial charge in [-0.1, -0.05) is 6.07 Å². The molecule has 0 bridgehead atoms. The number of hydrogen-bond donors (Lipinski definition) is 1. The molecule has 0 aliphatic carbocycles. The number of hydrogen-bond acceptors (Lipinski definition) is 1. The van der Waals surface area contributed by atoms with Gasteiger partial charge in [-0.3, -0.25) is 0 Å². The molecule has 0 unspecified atom stereocenters. The molecule has 0 saturated heterocycles. The van der Waals surface area contributed by atoms with Crippen molar-refractivity contribution in [1.82, 2.24) is 5.32 Å². The molecule has 1 aromatic carbocycles. The fourth-order valence-electron chi connectivity index (χ4n) is 1.18. The predicted molar refractivity (Wildman–Crippen MR) is 48.6 cm³/mol. The average Bonchev–Trinajstić information content (AvgIpc) is 2.09. The van der Waals surface area contributed by atoms with Crippen LogP contribution in [0.25, 0.3) is 0 Å². The van der Waals surface area contributed by atoms with Crippen molar-refractivity contribution >= 4 is 0 Å². The molecule has 1 N–H and O–H groups in total. The first-order chi connectivity index (χ1) is 6.24. The number of benzene rings is 1. The SMILES string of the molecule is CNCCCc1ccc(F)cc1F. The highest BCUT2D eigenvalue weighted by molar-refractivity contribution is 5.18. The molecule has 0 aliphatic rings. The van der Waals surface area contributed by atoms with Gasteiger partial charge in [0.05, 0.1) is 0 Å². The van der Waals surface area contributed by atoms with Crippen molar-refractivity contribution in [3.05, 3.63) is 35.4 Å². The largest absolute Gasteiger partial charge is 0.320 e. The summed E-state index contributed by atoms with van der Waals surface area (Å²) in [6.45, 7) is 0.844. The van der Waals surface area contributed by atoms with E-state index in [1.54, 1.807) is 0 Å². The van der Waals surface area contributed by atoms with Gasteiger partial charge in [0.2, 0.25) is 0 Å². The summed E-state index contributed by atoms with van der Waals surface area (Å²) in [5, 5.41) is 2.97. The molecule has 0 atom stereocenters. The van der Waals surface area contributed by atoms with Crippen LogP contribution in [0.4, 0.5) is 8.78 Å². The minimum Gasteiger partial charge on any atom is -0.320 e. The third-order valence-electron chi connectivity index (χ3n) is 1.89. The van der Waals surface area contributed by atoms with Crippen LogP contribution in [0.15, 0.2) is 18.2 Å². The maximum atomic E-state index is 13.0. The molecule has 0 aromatic heterocycles. The van der Waals surface area contributed by atoms with E-state index in [-0.39, 0.29) is 0 Å². The molecule has 1 nitrogen and oxygen atoms in total. The lowest BCUT2D eigenvalue weighted by molar-refractivity contribution is 0.567. The monoisotopic (exact) mass is 185 g/mol. The summed E-state index contributed by atoms with van der Waals surface area (Å²) in [6.07, 6.45) is 1.51. The standard InChI is InChI=1S/C10H13F2N/c1-13-6-2-3-8-4-5-9(11)7-10(8)12/h4-5,7,13H,2-3,6H2,1H3. The molecule has 1 rings (SSSR count). The summed E-state index contributed by atoms with van der Waals surface area (Å²) in [5.74, 6) is -0.967. The zero-order valence-corrected chi connectivity index (χ0v) is 7.61. The Morgan fingerprint density at radius 2 is 2.08 bits per heavy atom. The van der Waals surface area contributed by atoms with Crippen LogP contribution in [-0.4, -0.2) is 13.6 Å². The molecule has 3 heteroatoms. The van der Waals surface area contributed by atoms with E-state index in [9.17, 15) is 8.78 Å². The molecule has 0 aliphatic heterocycles. The Balaban J connectivity index is 2.56. The van der Waals surface area contributed by atoms with Crippen molar-refractivity contribution in [3.8, 4) is 0 Å². The van der Waals surface area contributed by atoms with Crippen molar-refractivity contribution < 1.29 is 8.78 Å². The fraction of sp³-hybridized carbons (Fsp3) is 0.400. The molecule has 0 radical (unpaired) electrons. The van der Waals surface area contributed by atoms with Gasteiger partial charge in [-0.25, -0.2) is 8.78 Å². The van der Waals surface area contributed by atoms with Crippen molar-refractivity contribution in [1.29, 1.82) is 0 Å². The summed E-state index contributed by atoms with van der Waals surface area (Å²) < 4.78 is 25.5. The van der Waals surface area contributed by atoms with Crippen LogP contribution < -0.4 is 5.32 Å². The number of aryl methyl sites for hydroxylation is 1. The van der Waals surface area contributed by atoms with Gasteiger partial charge >= 0.3 is 0 Å². The first kappa shape index (κ1) is 10.1. The molecule has 1 aromatic rings. The van der Waals surface area contributed by atoms with Crippen molar-refractivity contribution in [2.24, 2.45) is 0 Å². The highest BCUT2D eigenvalue weighted by Crippen LogP contribution is 2.10. The summed E-state index contributed by atoms with van der Waals surface area (Å²) in [4.78, 5) is 0. The minimum atomic E-state index is -0.519. The second-order valence-corrected chi connectivity index (χ2v) is 2.94. The van der Waals surface area contributed by atoms with E-state index >= 15 is 0 Å². The molecular formula is C10H13F2N. The third-order valence-corrected chi connectivity index (χ3v) is 1.89. The molecule has 0 amide bonds. The van der Waals surface area contributed by atoms with E-state index in [1.807, 2.05) is 7.05 Å². The van der Waals surface area contributed by atoms with Crippen LogP contribution >= 0.6 is 0 Å². The van der Waals surface area contributed by atoms with Gasteiger partial charge in [-0.15, -0.1) is 0 Å². The number of nitrogens with one attached hydrogen (secondary N) is 1. The van der Waals surface area contributed by atoms with E-state index < -0.39 is 11.6 Å². The average molecular weight is 185 g/mol. The highest BCUT2D eigenvalue weighted by atomic mass is 19.1. The minimum absolute atomic E-state index is 0.448. The molecule has 0 heterocycles. The summed E-state index contributed by atoms with van der Waals surface area (Å²) in [7, 11) is 1.85. The summed E-state index contributed by atoms with van der Waals surface area (Å²) in [5.41, 5.74) is 0.580. The first-order valence-corrected chi connectivity index (χ1v) is 4.32. The smallest absolute Gasteiger partial charge is 0.129 e. The lowest BCUT2D eigenvalue weighted by Gasteiger charge is -2.02.